The van der Waals surface area contributed by atoms with E-state index in [2.05, 4.69) is 34.1 Å². The molecule has 2 saturated heterocycles. The minimum atomic E-state index is 0.426. The summed E-state index contributed by atoms with van der Waals surface area (Å²) in [4.78, 5) is 27.1. The van der Waals surface area contributed by atoms with Crippen molar-refractivity contribution in [3.05, 3.63) is 71.8 Å². The number of carbonyl (C=O) groups excluding carboxylic acids is 2. The molecule has 0 N–H and O–H groups in total. The number of hydrogen-bond donors (Lipinski definition) is 0. The van der Waals surface area contributed by atoms with Crippen LogP contribution in [0, 0.1) is 0 Å². The van der Waals surface area contributed by atoms with Crippen LogP contribution in [0.15, 0.2) is 60.7 Å². The number of nitrogens with zero attached hydrogens (tertiary/aromatic N) is 2. The van der Waals surface area contributed by atoms with Crippen molar-refractivity contribution >= 4 is 11.6 Å². The highest BCUT2D eigenvalue weighted by Crippen LogP contribution is 2.10. The van der Waals surface area contributed by atoms with Gasteiger partial charge in [-0.3, -0.25) is 9.59 Å². The Hall–Kier alpha value is -2.38. The molecule has 40 heavy (non-hydrogen) atoms. The standard InChI is InChI=1S/2C17H25NO2/c2*19-17-9-12-18(13-10-17)11-5-2-6-14-20-15-16-7-3-1-4-8-16/h2*1,3-4,7-8H,2,5-6,9-15H2. The summed E-state index contributed by atoms with van der Waals surface area (Å²) in [7, 11) is 0. The molecule has 0 unspecified atom stereocenters. The zero-order chi connectivity index (χ0) is 28.1. The minimum absolute atomic E-state index is 0.426. The molecular formula is C34H50N2O4. The number of piperidine rings is 2. The predicted octanol–water partition coefficient (Wildman–Crippen LogP) is 6.08. The monoisotopic (exact) mass is 550 g/mol. The van der Waals surface area contributed by atoms with Gasteiger partial charge in [0.05, 0.1) is 13.2 Å². The van der Waals surface area contributed by atoms with Crippen molar-refractivity contribution in [3.8, 4) is 0 Å². The van der Waals surface area contributed by atoms with E-state index in [4.69, 9.17) is 9.47 Å². The lowest BCUT2D eigenvalue weighted by atomic mass is 10.1. The Balaban J connectivity index is 0.000000220. The molecule has 0 aromatic heterocycles. The van der Waals surface area contributed by atoms with Gasteiger partial charge in [0, 0.05) is 65.1 Å². The molecule has 0 aliphatic carbocycles. The Labute approximate surface area is 242 Å². The second-order valence-electron chi connectivity index (χ2n) is 11.0. The molecule has 2 aromatic carbocycles. The van der Waals surface area contributed by atoms with Gasteiger partial charge in [0.1, 0.15) is 11.6 Å². The smallest absolute Gasteiger partial charge is 0.135 e. The first-order chi connectivity index (χ1) is 19.7. The van der Waals surface area contributed by atoms with E-state index < -0.39 is 0 Å². The van der Waals surface area contributed by atoms with Crippen molar-refractivity contribution in [2.24, 2.45) is 0 Å². The number of rotatable bonds is 16. The van der Waals surface area contributed by atoms with E-state index in [1.165, 1.54) is 36.8 Å². The SMILES string of the molecule is O=C1CCN(CCCCCOCc2ccccc2)CC1.O=C1CCN(CCCCCOCc2ccccc2)CC1. The fourth-order valence-corrected chi connectivity index (χ4v) is 5.01. The van der Waals surface area contributed by atoms with Gasteiger partial charge < -0.3 is 19.3 Å². The summed E-state index contributed by atoms with van der Waals surface area (Å²) in [5.74, 6) is 0.853. The summed E-state index contributed by atoms with van der Waals surface area (Å²) in [5, 5.41) is 0. The molecule has 2 heterocycles. The molecule has 2 fully saturated rings. The van der Waals surface area contributed by atoms with Crippen molar-refractivity contribution < 1.29 is 19.1 Å². The number of likely N-dealkylation sites (tertiary alicyclic amines) is 2. The van der Waals surface area contributed by atoms with Crippen LogP contribution in [0.1, 0.15) is 75.3 Å². The third kappa shape index (κ3) is 14.8. The van der Waals surface area contributed by atoms with Crippen LogP contribution in [0.25, 0.3) is 0 Å². The number of Topliss-reactive ketones (excluding diaryl/α,β-unsaturated/α-hetero) is 2. The van der Waals surface area contributed by atoms with E-state index in [-0.39, 0.29) is 0 Å². The molecule has 4 rings (SSSR count). The second-order valence-corrected chi connectivity index (χ2v) is 11.0. The van der Waals surface area contributed by atoms with Crippen LogP contribution in [0.5, 0.6) is 0 Å². The summed E-state index contributed by atoms with van der Waals surface area (Å²) in [6.07, 6.45) is 10.1. The zero-order valence-electron chi connectivity index (χ0n) is 24.4. The average molecular weight is 551 g/mol. The highest BCUT2D eigenvalue weighted by Gasteiger charge is 2.15. The Morgan fingerprint density at radius 1 is 0.500 bits per heavy atom. The summed E-state index contributed by atoms with van der Waals surface area (Å²) in [6, 6.07) is 20.6. The third-order valence-electron chi connectivity index (χ3n) is 7.58. The lowest BCUT2D eigenvalue weighted by Gasteiger charge is -2.25. The van der Waals surface area contributed by atoms with Crippen LogP contribution in [0.4, 0.5) is 0 Å². The zero-order valence-corrected chi connectivity index (χ0v) is 24.4. The average Bonchev–Trinajstić information content (AvgIpc) is 2.99. The maximum atomic E-state index is 11.1. The Kier molecular flexibility index (Phi) is 16.5. The maximum absolute atomic E-state index is 11.1. The summed E-state index contributed by atoms with van der Waals surface area (Å²) in [6.45, 7) is 9.22. The van der Waals surface area contributed by atoms with E-state index in [1.807, 2.05) is 36.4 Å². The molecule has 0 amide bonds. The molecule has 0 spiro atoms. The van der Waals surface area contributed by atoms with Crippen LogP contribution in [0.2, 0.25) is 0 Å². The molecule has 0 saturated carbocycles. The van der Waals surface area contributed by atoms with Crippen LogP contribution in [-0.2, 0) is 32.3 Å². The highest BCUT2D eigenvalue weighted by molar-refractivity contribution is 5.79. The van der Waals surface area contributed by atoms with Crippen LogP contribution >= 0.6 is 0 Å². The van der Waals surface area contributed by atoms with Gasteiger partial charge in [-0.1, -0.05) is 60.7 Å². The van der Waals surface area contributed by atoms with Crippen molar-refractivity contribution in [1.82, 2.24) is 9.80 Å². The molecule has 2 aliphatic rings. The van der Waals surface area contributed by atoms with E-state index in [0.717, 1.165) is 104 Å². The topological polar surface area (TPSA) is 59.1 Å². The highest BCUT2D eigenvalue weighted by atomic mass is 16.5. The fourth-order valence-electron chi connectivity index (χ4n) is 5.01. The van der Waals surface area contributed by atoms with Gasteiger partial charge in [-0.2, -0.15) is 0 Å². The van der Waals surface area contributed by atoms with Gasteiger partial charge in [0.15, 0.2) is 0 Å². The van der Waals surface area contributed by atoms with Gasteiger partial charge in [0.2, 0.25) is 0 Å². The van der Waals surface area contributed by atoms with E-state index in [9.17, 15) is 9.59 Å². The number of ketones is 2. The van der Waals surface area contributed by atoms with Crippen LogP contribution in [0.3, 0.4) is 0 Å². The number of hydrogen-bond acceptors (Lipinski definition) is 6. The molecule has 220 valence electrons. The summed E-state index contributed by atoms with van der Waals surface area (Å²) < 4.78 is 11.3. The first-order valence-corrected chi connectivity index (χ1v) is 15.4. The Bertz CT molecular complexity index is 840. The largest absolute Gasteiger partial charge is 0.377 e. The number of carbonyl (C=O) groups is 2. The lowest BCUT2D eigenvalue weighted by molar-refractivity contribution is -0.122. The molecular weight excluding hydrogens is 500 g/mol. The van der Waals surface area contributed by atoms with Gasteiger partial charge >= 0.3 is 0 Å². The fraction of sp³-hybridized carbons (Fsp3) is 0.588. The van der Waals surface area contributed by atoms with E-state index >= 15 is 0 Å². The number of ether oxygens (including phenoxy) is 2. The lowest BCUT2D eigenvalue weighted by Crippen LogP contribution is -2.34. The maximum Gasteiger partial charge on any atom is 0.135 e. The Morgan fingerprint density at radius 3 is 1.25 bits per heavy atom. The molecule has 6 nitrogen and oxygen atoms in total. The first kappa shape index (κ1) is 32.1. The predicted molar refractivity (Wildman–Crippen MR) is 161 cm³/mol. The van der Waals surface area contributed by atoms with Crippen molar-refractivity contribution in [2.75, 3.05) is 52.5 Å². The number of benzene rings is 2. The quantitative estimate of drug-likeness (QED) is 0.236. The van der Waals surface area contributed by atoms with E-state index in [0.29, 0.717) is 11.6 Å². The molecule has 0 radical (unpaired) electrons. The van der Waals surface area contributed by atoms with Gasteiger partial charge in [0.25, 0.3) is 0 Å². The number of unbranched alkanes of at least 4 members (excludes halogenated alkanes) is 4. The Morgan fingerprint density at radius 2 is 0.875 bits per heavy atom. The summed E-state index contributed by atoms with van der Waals surface area (Å²) >= 11 is 0. The van der Waals surface area contributed by atoms with Crippen molar-refractivity contribution in [1.29, 1.82) is 0 Å². The first-order valence-electron chi connectivity index (χ1n) is 15.4. The normalized spacial score (nSPS) is 16.5. The van der Waals surface area contributed by atoms with Gasteiger partial charge in [-0.15, -0.1) is 0 Å². The van der Waals surface area contributed by atoms with Crippen LogP contribution in [-0.4, -0.2) is 73.8 Å². The van der Waals surface area contributed by atoms with Gasteiger partial charge in [-0.25, -0.2) is 0 Å². The second kappa shape index (κ2) is 20.5. The van der Waals surface area contributed by atoms with Crippen molar-refractivity contribution in [2.45, 2.75) is 77.4 Å². The molecule has 2 aromatic rings. The minimum Gasteiger partial charge on any atom is -0.377 e. The van der Waals surface area contributed by atoms with Crippen molar-refractivity contribution in [3.63, 3.8) is 0 Å². The molecule has 0 bridgehead atoms. The molecule has 6 heteroatoms. The summed E-state index contributed by atoms with van der Waals surface area (Å²) in [5.41, 5.74) is 2.48. The van der Waals surface area contributed by atoms with E-state index in [1.54, 1.807) is 0 Å². The van der Waals surface area contributed by atoms with Crippen LogP contribution < -0.4 is 0 Å². The molecule has 2 aliphatic heterocycles. The van der Waals surface area contributed by atoms with Gasteiger partial charge in [-0.05, 0) is 62.7 Å². The third-order valence-corrected chi connectivity index (χ3v) is 7.58. The molecule has 0 atom stereocenters.